The van der Waals surface area contributed by atoms with E-state index in [0.29, 0.717) is 12.4 Å². The molecule has 5 N–H and O–H groups in total. The number of nitrogens with one attached hydrogen (secondary N) is 2. The number of hydrogen-bond acceptors (Lipinski definition) is 8. The number of nitrogen functional groups attached to an aromatic ring is 1. The van der Waals surface area contributed by atoms with Gasteiger partial charge in [0.15, 0.2) is 0 Å². The summed E-state index contributed by atoms with van der Waals surface area (Å²) < 4.78 is 4.89. The SMILES string of the molecule is COc1nc(NN)nc(NC(C)CCO)n1. The summed E-state index contributed by atoms with van der Waals surface area (Å²) in [5.41, 5.74) is 2.32. The second kappa shape index (κ2) is 6.03. The molecule has 0 aliphatic heterocycles. The maximum absolute atomic E-state index is 8.77. The van der Waals surface area contributed by atoms with Crippen molar-refractivity contribution >= 4 is 11.9 Å². The number of methoxy groups -OCH3 is 1. The number of hydrazine groups is 1. The molecule has 0 fully saturated rings. The zero-order valence-corrected chi connectivity index (χ0v) is 9.27. The standard InChI is InChI=1S/C8H16N6O2/c1-5(3-4-15)10-6-11-7(14-9)13-8(12-6)16-2/h5,15H,3-4,9H2,1-2H3,(H2,10,11,12,13,14). The first-order valence-corrected chi connectivity index (χ1v) is 4.83. The van der Waals surface area contributed by atoms with Crippen molar-refractivity contribution in [2.75, 3.05) is 24.5 Å². The highest BCUT2D eigenvalue weighted by molar-refractivity contribution is 5.35. The lowest BCUT2D eigenvalue weighted by Crippen LogP contribution is -2.20. The highest BCUT2D eigenvalue weighted by Gasteiger charge is 2.08. The highest BCUT2D eigenvalue weighted by atomic mass is 16.5. The van der Waals surface area contributed by atoms with Crippen LogP contribution in [0.25, 0.3) is 0 Å². The summed E-state index contributed by atoms with van der Waals surface area (Å²) in [6.45, 7) is 2.00. The first kappa shape index (κ1) is 12.4. The van der Waals surface area contributed by atoms with Crippen molar-refractivity contribution in [3.05, 3.63) is 0 Å². The summed E-state index contributed by atoms with van der Waals surface area (Å²) in [5.74, 6) is 5.77. The molecule has 0 radical (unpaired) electrons. The van der Waals surface area contributed by atoms with E-state index in [4.69, 9.17) is 15.7 Å². The van der Waals surface area contributed by atoms with Crippen LogP contribution in [-0.4, -0.2) is 39.8 Å². The molecule has 0 bridgehead atoms. The maximum Gasteiger partial charge on any atom is 0.322 e. The van der Waals surface area contributed by atoms with Gasteiger partial charge in [-0.25, -0.2) is 5.84 Å². The molecule has 8 heteroatoms. The summed E-state index contributed by atoms with van der Waals surface area (Å²) in [7, 11) is 1.45. The summed E-state index contributed by atoms with van der Waals surface area (Å²) in [5, 5.41) is 11.8. The Hall–Kier alpha value is -1.67. The molecule has 90 valence electrons. The number of ether oxygens (including phenoxy) is 1. The Morgan fingerprint density at radius 1 is 1.38 bits per heavy atom. The largest absolute Gasteiger partial charge is 0.467 e. The van der Waals surface area contributed by atoms with Crippen molar-refractivity contribution in [3.63, 3.8) is 0 Å². The van der Waals surface area contributed by atoms with E-state index in [9.17, 15) is 0 Å². The van der Waals surface area contributed by atoms with Gasteiger partial charge in [-0.15, -0.1) is 0 Å². The van der Waals surface area contributed by atoms with Crippen LogP contribution in [0.5, 0.6) is 6.01 Å². The van der Waals surface area contributed by atoms with E-state index in [1.807, 2.05) is 6.92 Å². The van der Waals surface area contributed by atoms with Crippen LogP contribution in [-0.2, 0) is 0 Å². The van der Waals surface area contributed by atoms with Crippen LogP contribution in [0.2, 0.25) is 0 Å². The van der Waals surface area contributed by atoms with Crippen molar-refractivity contribution in [2.24, 2.45) is 5.84 Å². The lowest BCUT2D eigenvalue weighted by atomic mass is 10.2. The van der Waals surface area contributed by atoms with Crippen LogP contribution in [0.1, 0.15) is 13.3 Å². The normalized spacial score (nSPS) is 12.0. The molecular weight excluding hydrogens is 212 g/mol. The van der Waals surface area contributed by atoms with Gasteiger partial charge in [-0.2, -0.15) is 15.0 Å². The molecule has 0 aliphatic rings. The molecule has 1 atom stereocenters. The lowest BCUT2D eigenvalue weighted by molar-refractivity contribution is 0.282. The molecule has 1 rings (SSSR count). The molecule has 0 amide bonds. The Kier molecular flexibility index (Phi) is 4.67. The van der Waals surface area contributed by atoms with Crippen LogP contribution in [0, 0.1) is 0 Å². The molecule has 0 spiro atoms. The minimum absolute atomic E-state index is 0.0442. The number of aliphatic hydroxyl groups is 1. The Morgan fingerprint density at radius 2 is 2.06 bits per heavy atom. The van der Waals surface area contributed by atoms with Gasteiger partial charge < -0.3 is 15.2 Å². The van der Waals surface area contributed by atoms with Crippen LogP contribution in [0.15, 0.2) is 0 Å². The molecule has 16 heavy (non-hydrogen) atoms. The molecule has 0 aliphatic carbocycles. The van der Waals surface area contributed by atoms with Gasteiger partial charge in [-0.05, 0) is 13.3 Å². The van der Waals surface area contributed by atoms with Crippen molar-refractivity contribution in [2.45, 2.75) is 19.4 Å². The number of rotatable bonds is 6. The van der Waals surface area contributed by atoms with Crippen LogP contribution >= 0.6 is 0 Å². The van der Waals surface area contributed by atoms with E-state index in [0.717, 1.165) is 0 Å². The fourth-order valence-electron chi connectivity index (χ4n) is 1.06. The molecule has 0 saturated carbocycles. The second-order valence-electron chi connectivity index (χ2n) is 3.17. The molecule has 0 saturated heterocycles. The lowest BCUT2D eigenvalue weighted by Gasteiger charge is -2.12. The second-order valence-corrected chi connectivity index (χ2v) is 3.17. The monoisotopic (exact) mass is 228 g/mol. The van der Waals surface area contributed by atoms with Gasteiger partial charge in [0, 0.05) is 12.6 Å². The average molecular weight is 228 g/mol. The average Bonchev–Trinajstić information content (AvgIpc) is 2.28. The summed E-state index contributed by atoms with van der Waals surface area (Å²) >= 11 is 0. The molecule has 0 aromatic carbocycles. The fraction of sp³-hybridized carbons (Fsp3) is 0.625. The van der Waals surface area contributed by atoms with Gasteiger partial charge in [-0.1, -0.05) is 0 Å². The summed E-state index contributed by atoms with van der Waals surface area (Å²) in [6, 6.07) is 0.212. The number of hydrogen-bond donors (Lipinski definition) is 4. The number of aliphatic hydroxyl groups excluding tert-OH is 1. The Balaban J connectivity index is 2.78. The topological polar surface area (TPSA) is 118 Å². The minimum atomic E-state index is 0.0442. The zero-order valence-electron chi connectivity index (χ0n) is 9.27. The van der Waals surface area contributed by atoms with Crippen LogP contribution in [0.4, 0.5) is 11.9 Å². The van der Waals surface area contributed by atoms with Gasteiger partial charge in [0.25, 0.3) is 0 Å². The van der Waals surface area contributed by atoms with Crippen LogP contribution < -0.4 is 21.3 Å². The van der Waals surface area contributed by atoms with E-state index >= 15 is 0 Å². The maximum atomic E-state index is 8.77. The Morgan fingerprint density at radius 3 is 2.62 bits per heavy atom. The molecule has 1 unspecified atom stereocenters. The van der Waals surface area contributed by atoms with Gasteiger partial charge in [-0.3, -0.25) is 5.43 Å². The number of aromatic nitrogens is 3. The van der Waals surface area contributed by atoms with E-state index < -0.39 is 0 Å². The van der Waals surface area contributed by atoms with Crippen molar-refractivity contribution in [1.82, 2.24) is 15.0 Å². The van der Waals surface area contributed by atoms with Crippen molar-refractivity contribution < 1.29 is 9.84 Å². The molecular formula is C8H16N6O2. The Labute approximate surface area is 93.2 Å². The molecule has 1 aromatic rings. The van der Waals surface area contributed by atoms with E-state index in [-0.39, 0.29) is 24.6 Å². The quantitative estimate of drug-likeness (QED) is 0.374. The third kappa shape index (κ3) is 3.48. The smallest absolute Gasteiger partial charge is 0.322 e. The van der Waals surface area contributed by atoms with Gasteiger partial charge in [0.2, 0.25) is 11.9 Å². The zero-order chi connectivity index (χ0) is 12.0. The number of nitrogens with two attached hydrogens (primary N) is 1. The minimum Gasteiger partial charge on any atom is -0.467 e. The van der Waals surface area contributed by atoms with E-state index in [1.165, 1.54) is 7.11 Å². The van der Waals surface area contributed by atoms with Gasteiger partial charge in [0.1, 0.15) is 0 Å². The molecule has 8 nitrogen and oxygen atoms in total. The highest BCUT2D eigenvalue weighted by Crippen LogP contribution is 2.11. The van der Waals surface area contributed by atoms with Crippen molar-refractivity contribution in [1.29, 1.82) is 0 Å². The third-order valence-electron chi connectivity index (χ3n) is 1.86. The number of nitrogens with zero attached hydrogens (tertiary/aromatic N) is 3. The molecule has 1 aromatic heterocycles. The summed E-state index contributed by atoms with van der Waals surface area (Å²) in [6.07, 6.45) is 0.597. The van der Waals surface area contributed by atoms with Crippen LogP contribution in [0.3, 0.4) is 0 Å². The predicted molar refractivity (Wildman–Crippen MR) is 59.0 cm³/mol. The molecule has 1 heterocycles. The first-order chi connectivity index (χ1) is 7.69. The van der Waals surface area contributed by atoms with E-state index in [2.05, 4.69) is 25.7 Å². The fourth-order valence-corrected chi connectivity index (χ4v) is 1.06. The Bertz CT molecular complexity index is 312. The summed E-state index contributed by atoms with van der Waals surface area (Å²) in [4.78, 5) is 11.8. The van der Waals surface area contributed by atoms with Gasteiger partial charge >= 0.3 is 6.01 Å². The first-order valence-electron chi connectivity index (χ1n) is 4.83. The van der Waals surface area contributed by atoms with Crippen molar-refractivity contribution in [3.8, 4) is 6.01 Å². The van der Waals surface area contributed by atoms with E-state index in [1.54, 1.807) is 0 Å². The predicted octanol–water partition coefficient (Wildman–Crippen LogP) is -0.651. The third-order valence-corrected chi connectivity index (χ3v) is 1.86. The number of anilines is 2. The van der Waals surface area contributed by atoms with Gasteiger partial charge in [0.05, 0.1) is 7.11 Å².